The molecule has 9 heteroatoms. The normalized spacial score (nSPS) is 20.8. The van der Waals surface area contributed by atoms with Gasteiger partial charge >= 0.3 is 6.09 Å². The van der Waals surface area contributed by atoms with Crippen molar-refractivity contribution >= 4 is 35.5 Å². The van der Waals surface area contributed by atoms with Gasteiger partial charge in [-0.25, -0.2) is 9.18 Å². The predicted molar refractivity (Wildman–Crippen MR) is 120 cm³/mol. The molecule has 0 aliphatic carbocycles. The molecule has 1 spiro atoms. The molecule has 0 saturated carbocycles. The number of amides is 2. The van der Waals surface area contributed by atoms with Gasteiger partial charge in [-0.3, -0.25) is 15.1 Å². The lowest BCUT2D eigenvalue weighted by Gasteiger charge is -2.45. The summed E-state index contributed by atoms with van der Waals surface area (Å²) in [5.41, 5.74) is 6.00. The highest BCUT2D eigenvalue weighted by Crippen LogP contribution is 2.45. The van der Waals surface area contributed by atoms with Gasteiger partial charge in [0.25, 0.3) is 5.91 Å². The molecule has 1 saturated heterocycles. The molecule has 4 rings (SSSR count). The van der Waals surface area contributed by atoms with Gasteiger partial charge in [-0.1, -0.05) is 41.9 Å². The first-order valence-corrected chi connectivity index (χ1v) is 10.5. The van der Waals surface area contributed by atoms with Crippen LogP contribution in [0.15, 0.2) is 59.2 Å². The second kappa shape index (κ2) is 9.00. The summed E-state index contributed by atoms with van der Waals surface area (Å²) < 4.78 is 20.6. The van der Waals surface area contributed by atoms with Crippen LogP contribution in [0, 0.1) is 5.82 Å². The number of nitrogens with two attached hydrogens (primary N) is 1. The van der Waals surface area contributed by atoms with Gasteiger partial charge in [-0.15, -0.1) is 0 Å². The van der Waals surface area contributed by atoms with Crippen molar-refractivity contribution in [2.24, 2.45) is 10.7 Å². The fraction of sp³-hybridized carbons (Fsp3) is 0.261. The Labute approximate surface area is 189 Å². The third-order valence-electron chi connectivity index (χ3n) is 5.59. The van der Waals surface area contributed by atoms with E-state index < -0.39 is 17.5 Å². The quantitative estimate of drug-likeness (QED) is 0.537. The van der Waals surface area contributed by atoms with E-state index in [0.29, 0.717) is 25.9 Å². The molecule has 0 bridgehead atoms. The van der Waals surface area contributed by atoms with Gasteiger partial charge in [0.2, 0.25) is 0 Å². The van der Waals surface area contributed by atoms with E-state index in [-0.39, 0.29) is 34.3 Å². The molecular formula is C23H22ClFN4O3. The number of halogens is 2. The van der Waals surface area contributed by atoms with Crippen LogP contribution in [0.1, 0.15) is 24.0 Å². The molecule has 2 aromatic carbocycles. The zero-order valence-corrected chi connectivity index (χ0v) is 17.9. The number of anilines is 1. The zero-order valence-electron chi connectivity index (χ0n) is 17.2. The average molecular weight is 457 g/mol. The van der Waals surface area contributed by atoms with Crippen molar-refractivity contribution < 1.29 is 18.7 Å². The van der Waals surface area contributed by atoms with Crippen LogP contribution in [-0.4, -0.2) is 36.2 Å². The van der Waals surface area contributed by atoms with E-state index >= 15 is 4.39 Å². The van der Waals surface area contributed by atoms with Gasteiger partial charge in [0.1, 0.15) is 0 Å². The van der Waals surface area contributed by atoms with Gasteiger partial charge in [-0.2, -0.15) is 0 Å². The number of benzene rings is 2. The number of rotatable bonds is 4. The molecule has 2 aliphatic heterocycles. The van der Waals surface area contributed by atoms with Gasteiger partial charge in [-0.05, 0) is 30.5 Å². The van der Waals surface area contributed by atoms with Crippen LogP contribution in [0.5, 0.6) is 0 Å². The maximum atomic E-state index is 15.0. The molecule has 2 amide bonds. The number of piperidine rings is 1. The van der Waals surface area contributed by atoms with Gasteiger partial charge in [0, 0.05) is 19.0 Å². The smallest absolute Gasteiger partial charge is 0.412 e. The fourth-order valence-corrected chi connectivity index (χ4v) is 4.29. The van der Waals surface area contributed by atoms with E-state index in [9.17, 15) is 9.59 Å². The Hall–Kier alpha value is -3.39. The molecule has 3 N–H and O–H groups in total. The number of carbonyl (C=O) groups excluding carboxylic acids is 2. The first kappa shape index (κ1) is 21.8. The van der Waals surface area contributed by atoms with Gasteiger partial charge in [0.05, 0.1) is 34.9 Å². The summed E-state index contributed by atoms with van der Waals surface area (Å²) in [7, 11) is 0. The Balaban J connectivity index is 1.57. The maximum absolute atomic E-state index is 15.0. The van der Waals surface area contributed by atoms with E-state index in [1.807, 2.05) is 30.3 Å². The van der Waals surface area contributed by atoms with Crippen molar-refractivity contribution in [3.63, 3.8) is 0 Å². The lowest BCUT2D eigenvalue weighted by molar-refractivity contribution is -0.134. The summed E-state index contributed by atoms with van der Waals surface area (Å²) in [5, 5.41) is 2.42. The standard InChI is InChI=1S/C23H22ClFN4O3/c24-17-7-8-18-19(20(17)25)23(32-22(31)28-18)9-4-10-29(14-23)21(30)16(11-26)13-27-12-15-5-2-1-3-6-15/h1-3,5-8,11,13H,4,9-10,12,14,26H2,(H,28,31)/b16-11+,27-13?/t23-/m0/s1. The highest BCUT2D eigenvalue weighted by Gasteiger charge is 2.48. The number of hydrogen-bond donors (Lipinski definition) is 2. The monoisotopic (exact) mass is 456 g/mol. The number of aliphatic imine (C=N–C) groups is 1. The maximum Gasteiger partial charge on any atom is 0.412 e. The van der Waals surface area contributed by atoms with Crippen LogP contribution in [0.4, 0.5) is 14.9 Å². The number of fused-ring (bicyclic) bond motifs is 2. The Morgan fingerprint density at radius 2 is 2.09 bits per heavy atom. The third kappa shape index (κ3) is 4.18. The Morgan fingerprint density at radius 3 is 2.84 bits per heavy atom. The molecule has 166 valence electrons. The summed E-state index contributed by atoms with van der Waals surface area (Å²) in [5.74, 6) is -1.04. The molecule has 2 heterocycles. The first-order chi connectivity index (χ1) is 15.4. The van der Waals surface area contributed by atoms with E-state index in [1.165, 1.54) is 29.4 Å². The topological polar surface area (TPSA) is 97.0 Å². The van der Waals surface area contributed by atoms with Crippen molar-refractivity contribution in [3.8, 4) is 0 Å². The second-order valence-corrected chi connectivity index (χ2v) is 8.11. The minimum Gasteiger partial charge on any atom is -0.436 e. The summed E-state index contributed by atoms with van der Waals surface area (Å²) >= 11 is 6.00. The number of nitrogens with one attached hydrogen (secondary N) is 1. The van der Waals surface area contributed by atoms with E-state index in [0.717, 1.165) is 5.56 Å². The molecule has 0 radical (unpaired) electrons. The van der Waals surface area contributed by atoms with Crippen molar-refractivity contribution in [1.82, 2.24) is 4.90 Å². The molecule has 1 fully saturated rings. The molecule has 7 nitrogen and oxygen atoms in total. The first-order valence-electron chi connectivity index (χ1n) is 10.2. The molecule has 0 unspecified atom stereocenters. The van der Waals surface area contributed by atoms with Crippen LogP contribution < -0.4 is 11.1 Å². The molecule has 2 aromatic rings. The van der Waals surface area contributed by atoms with E-state index in [1.54, 1.807) is 0 Å². The van der Waals surface area contributed by atoms with Gasteiger partial charge < -0.3 is 15.4 Å². The van der Waals surface area contributed by atoms with Crippen LogP contribution in [0.25, 0.3) is 0 Å². The minimum atomic E-state index is -1.33. The summed E-state index contributed by atoms with van der Waals surface area (Å²) in [6.45, 7) is 0.788. The molecule has 1 atom stereocenters. The highest BCUT2D eigenvalue weighted by atomic mass is 35.5. The predicted octanol–water partition coefficient (Wildman–Crippen LogP) is 3.97. The summed E-state index contributed by atoms with van der Waals surface area (Å²) in [6.07, 6.45) is 2.78. The lowest BCUT2D eigenvalue weighted by Crippen LogP contribution is -2.54. The minimum absolute atomic E-state index is 0.0205. The second-order valence-electron chi connectivity index (χ2n) is 7.70. The van der Waals surface area contributed by atoms with Crippen molar-refractivity contribution in [1.29, 1.82) is 0 Å². The molecule has 32 heavy (non-hydrogen) atoms. The van der Waals surface area contributed by atoms with Crippen LogP contribution in [0.2, 0.25) is 5.02 Å². The fourth-order valence-electron chi connectivity index (χ4n) is 4.13. The average Bonchev–Trinajstić information content (AvgIpc) is 2.79. The Kier molecular flexibility index (Phi) is 6.14. The zero-order chi connectivity index (χ0) is 22.7. The molecule has 0 aromatic heterocycles. The lowest BCUT2D eigenvalue weighted by atomic mass is 9.83. The van der Waals surface area contributed by atoms with Crippen LogP contribution >= 0.6 is 11.6 Å². The largest absolute Gasteiger partial charge is 0.436 e. The highest BCUT2D eigenvalue weighted by molar-refractivity contribution is 6.31. The van der Waals surface area contributed by atoms with E-state index in [2.05, 4.69) is 10.3 Å². The van der Waals surface area contributed by atoms with Crippen LogP contribution in [-0.2, 0) is 21.7 Å². The number of likely N-dealkylation sites (tertiary alicyclic amines) is 1. The summed E-state index contributed by atoms with van der Waals surface area (Å²) in [6, 6.07) is 12.5. The van der Waals surface area contributed by atoms with Gasteiger partial charge in [0.15, 0.2) is 11.4 Å². The SMILES string of the molecule is N/C=C(\C=NCc1ccccc1)C(=O)N1CCC[C@@]2(C1)OC(=O)Nc1ccc(Cl)c(F)c12. The number of nitrogens with zero attached hydrogens (tertiary/aromatic N) is 2. The van der Waals surface area contributed by atoms with Crippen molar-refractivity contribution in [2.75, 3.05) is 18.4 Å². The molecule has 2 aliphatic rings. The Morgan fingerprint density at radius 1 is 1.31 bits per heavy atom. The van der Waals surface area contributed by atoms with Crippen LogP contribution in [0.3, 0.4) is 0 Å². The molecular weight excluding hydrogens is 435 g/mol. The van der Waals surface area contributed by atoms with E-state index in [4.69, 9.17) is 22.1 Å². The Bertz CT molecular complexity index is 1110. The number of hydrogen-bond acceptors (Lipinski definition) is 5. The number of carbonyl (C=O) groups is 2. The summed E-state index contributed by atoms with van der Waals surface area (Å²) in [4.78, 5) is 31.2. The van der Waals surface area contributed by atoms with Crippen molar-refractivity contribution in [2.45, 2.75) is 25.0 Å². The number of ether oxygens (including phenoxy) is 1. The van der Waals surface area contributed by atoms with Crippen molar-refractivity contribution in [3.05, 3.63) is 76.2 Å². The third-order valence-corrected chi connectivity index (χ3v) is 5.88.